The van der Waals surface area contributed by atoms with E-state index in [1.165, 1.54) is 75.3 Å². The average molecular weight is 370 g/mol. The summed E-state index contributed by atoms with van der Waals surface area (Å²) in [5.41, 5.74) is 3.84. The van der Waals surface area contributed by atoms with Crippen molar-refractivity contribution in [1.29, 1.82) is 0 Å². The second-order valence-electron chi connectivity index (χ2n) is 8.63. The van der Waals surface area contributed by atoms with Crippen LogP contribution in [0.5, 0.6) is 0 Å². The van der Waals surface area contributed by atoms with Crippen LogP contribution in [0.2, 0.25) is 0 Å². The maximum atomic E-state index is 4.78. The summed E-state index contributed by atoms with van der Waals surface area (Å²) in [5.74, 6) is 3.81. The molecule has 1 aromatic rings. The summed E-state index contributed by atoms with van der Waals surface area (Å²) in [7, 11) is 0. The molecule has 3 rings (SSSR count). The molecule has 0 saturated heterocycles. The molecular weight excluding hydrogens is 334 g/mol. The Kier molecular flexibility index (Phi) is 7.46. The van der Waals surface area contributed by atoms with E-state index in [1.807, 2.05) is 0 Å². The van der Waals surface area contributed by atoms with Gasteiger partial charge in [-0.3, -0.25) is 0 Å². The molecule has 0 heterocycles. The van der Waals surface area contributed by atoms with Crippen molar-refractivity contribution in [3.8, 4) is 0 Å². The highest BCUT2D eigenvalue weighted by Gasteiger charge is 2.31. The fourth-order valence-corrected chi connectivity index (χ4v) is 5.68. The number of aryl methyl sites for hydroxylation is 1. The van der Waals surface area contributed by atoms with Gasteiger partial charge in [-0.1, -0.05) is 51.7 Å². The van der Waals surface area contributed by atoms with Gasteiger partial charge in [0.2, 0.25) is 0 Å². The number of hydrogen-bond donors (Lipinski definition) is 0. The molecule has 0 spiro atoms. The predicted octanol–water partition coefficient (Wildman–Crippen LogP) is 7.86. The molecule has 0 N–H and O–H groups in total. The van der Waals surface area contributed by atoms with E-state index in [1.54, 1.807) is 0 Å². The second kappa shape index (κ2) is 9.81. The van der Waals surface area contributed by atoms with E-state index in [0.717, 1.165) is 35.8 Å². The molecule has 0 bridgehead atoms. The van der Waals surface area contributed by atoms with E-state index in [9.17, 15) is 0 Å². The lowest BCUT2D eigenvalue weighted by molar-refractivity contribution is 0.156. The smallest absolute Gasteiger partial charge is 0.0771 e. The van der Waals surface area contributed by atoms with E-state index in [-0.39, 0.29) is 0 Å². The Morgan fingerprint density at radius 3 is 2.19 bits per heavy atom. The number of hydrogen-bond acceptors (Lipinski definition) is 2. The van der Waals surface area contributed by atoms with Gasteiger partial charge in [-0.15, -0.1) is 0 Å². The van der Waals surface area contributed by atoms with Crippen LogP contribution in [0.15, 0.2) is 23.2 Å². The lowest BCUT2D eigenvalue weighted by Crippen LogP contribution is -2.25. The number of rotatable bonds is 6. The minimum absolute atomic E-state index is 0.749. The molecule has 0 unspecified atom stereocenters. The first-order chi connectivity index (χ1) is 12.7. The summed E-state index contributed by atoms with van der Waals surface area (Å²) in [4.78, 5) is 4.22. The van der Waals surface area contributed by atoms with Gasteiger partial charge < -0.3 is 0 Å². The predicted molar refractivity (Wildman–Crippen MR) is 116 cm³/mol. The van der Waals surface area contributed by atoms with Crippen LogP contribution in [0, 0.1) is 17.8 Å². The normalized spacial score (nSPS) is 29.2. The first-order valence-electron chi connectivity index (χ1n) is 11.0. The van der Waals surface area contributed by atoms with Crippen LogP contribution >= 0.6 is 12.2 Å². The van der Waals surface area contributed by atoms with Crippen molar-refractivity contribution >= 4 is 23.1 Å². The SMILES string of the molecule is CCCC1CCC(C2CCC(c3ccc(N=C=S)c(CC)c3)CC2)CC1. The van der Waals surface area contributed by atoms with Gasteiger partial charge in [0.05, 0.1) is 10.8 Å². The van der Waals surface area contributed by atoms with Crippen LogP contribution < -0.4 is 0 Å². The minimum atomic E-state index is 0.749. The minimum Gasteiger partial charge on any atom is -0.194 e. The quantitative estimate of drug-likeness (QED) is 0.367. The number of benzene rings is 1. The van der Waals surface area contributed by atoms with Crippen molar-refractivity contribution in [2.45, 2.75) is 90.4 Å². The summed E-state index contributed by atoms with van der Waals surface area (Å²) in [6, 6.07) is 6.81. The standard InChI is InChI=1S/C24H35NS/c1-3-5-18-6-8-20(9-7-18)21-10-12-22(13-11-21)23-14-15-24(25-17-26)19(4-2)16-23/h14-16,18,20-22H,3-13H2,1-2H3. The Morgan fingerprint density at radius 1 is 0.962 bits per heavy atom. The fraction of sp³-hybridized carbons (Fsp3) is 0.708. The van der Waals surface area contributed by atoms with Gasteiger partial charge >= 0.3 is 0 Å². The zero-order chi connectivity index (χ0) is 18.4. The Bertz CT molecular complexity index is 615. The molecule has 0 aliphatic heterocycles. The molecule has 2 saturated carbocycles. The van der Waals surface area contributed by atoms with Crippen molar-refractivity contribution in [1.82, 2.24) is 0 Å². The molecule has 2 aliphatic carbocycles. The maximum absolute atomic E-state index is 4.78. The maximum Gasteiger partial charge on any atom is 0.0771 e. The average Bonchev–Trinajstić information content (AvgIpc) is 2.69. The molecule has 0 aromatic heterocycles. The van der Waals surface area contributed by atoms with Crippen molar-refractivity contribution in [3.05, 3.63) is 29.3 Å². The fourth-order valence-electron chi connectivity index (χ4n) is 5.58. The third-order valence-electron chi connectivity index (χ3n) is 7.15. The number of thiocarbonyl (C=S) groups is 1. The van der Waals surface area contributed by atoms with E-state index in [2.05, 4.69) is 42.2 Å². The van der Waals surface area contributed by atoms with E-state index in [4.69, 9.17) is 12.2 Å². The van der Waals surface area contributed by atoms with Crippen molar-refractivity contribution in [3.63, 3.8) is 0 Å². The summed E-state index contributed by atoms with van der Waals surface area (Å²) < 4.78 is 0. The Morgan fingerprint density at radius 2 is 1.62 bits per heavy atom. The largest absolute Gasteiger partial charge is 0.194 e. The molecule has 0 amide bonds. The van der Waals surface area contributed by atoms with Gasteiger partial charge in [0.25, 0.3) is 0 Å². The van der Waals surface area contributed by atoms with E-state index < -0.39 is 0 Å². The zero-order valence-corrected chi connectivity index (χ0v) is 17.5. The highest BCUT2D eigenvalue weighted by Crippen LogP contribution is 2.44. The first kappa shape index (κ1) is 19.8. The van der Waals surface area contributed by atoms with E-state index >= 15 is 0 Å². The number of aliphatic imine (C=N–C) groups is 1. The van der Waals surface area contributed by atoms with E-state index in [0.29, 0.717) is 0 Å². The summed E-state index contributed by atoms with van der Waals surface area (Å²) in [5, 5.41) is 2.52. The van der Waals surface area contributed by atoms with Gasteiger partial charge in [0.1, 0.15) is 0 Å². The van der Waals surface area contributed by atoms with Gasteiger partial charge in [-0.25, -0.2) is 0 Å². The van der Waals surface area contributed by atoms with Gasteiger partial charge in [-0.2, -0.15) is 4.99 Å². The number of nitrogens with zero attached hydrogens (tertiary/aromatic N) is 1. The summed E-state index contributed by atoms with van der Waals surface area (Å²) in [6.45, 7) is 4.54. The van der Waals surface area contributed by atoms with Crippen LogP contribution in [0.25, 0.3) is 0 Å². The first-order valence-corrected chi connectivity index (χ1v) is 11.4. The third kappa shape index (κ3) is 4.84. The molecule has 2 fully saturated rings. The highest BCUT2D eigenvalue weighted by molar-refractivity contribution is 7.78. The summed E-state index contributed by atoms with van der Waals surface area (Å²) in [6.07, 6.45) is 15.5. The van der Waals surface area contributed by atoms with Crippen LogP contribution in [-0.2, 0) is 6.42 Å². The Hall–Kier alpha value is -0.980. The van der Waals surface area contributed by atoms with Crippen LogP contribution in [0.4, 0.5) is 5.69 Å². The van der Waals surface area contributed by atoms with Crippen LogP contribution in [-0.4, -0.2) is 5.16 Å². The topological polar surface area (TPSA) is 12.4 Å². The molecule has 142 valence electrons. The Balaban J connectivity index is 1.55. The van der Waals surface area contributed by atoms with Crippen LogP contribution in [0.1, 0.15) is 95.1 Å². The number of isothiocyanates is 1. The van der Waals surface area contributed by atoms with Crippen LogP contribution in [0.3, 0.4) is 0 Å². The second-order valence-corrected chi connectivity index (χ2v) is 8.81. The highest BCUT2D eigenvalue weighted by atomic mass is 32.1. The molecule has 1 nitrogen and oxygen atoms in total. The van der Waals surface area contributed by atoms with Crippen molar-refractivity contribution in [2.75, 3.05) is 0 Å². The van der Waals surface area contributed by atoms with Gasteiger partial charge in [0, 0.05) is 0 Å². The molecule has 0 radical (unpaired) electrons. The lowest BCUT2D eigenvalue weighted by atomic mass is 9.68. The lowest BCUT2D eigenvalue weighted by Gasteiger charge is -2.38. The Labute approximate surface area is 165 Å². The molecule has 1 aromatic carbocycles. The molecule has 2 heteroatoms. The molecule has 26 heavy (non-hydrogen) atoms. The van der Waals surface area contributed by atoms with Crippen molar-refractivity contribution < 1.29 is 0 Å². The van der Waals surface area contributed by atoms with Gasteiger partial charge in [-0.05, 0) is 98.0 Å². The van der Waals surface area contributed by atoms with Gasteiger partial charge in [0.15, 0.2) is 0 Å². The third-order valence-corrected chi connectivity index (χ3v) is 7.24. The summed E-state index contributed by atoms with van der Waals surface area (Å²) >= 11 is 4.78. The van der Waals surface area contributed by atoms with Crippen molar-refractivity contribution in [2.24, 2.45) is 22.7 Å². The molecular formula is C24H35NS. The molecule has 0 atom stereocenters. The monoisotopic (exact) mass is 369 g/mol. The zero-order valence-electron chi connectivity index (χ0n) is 16.7. The molecule has 2 aliphatic rings.